The van der Waals surface area contributed by atoms with Crippen molar-refractivity contribution in [3.8, 4) is 0 Å². The Hall–Kier alpha value is -2.89. The van der Waals surface area contributed by atoms with E-state index in [2.05, 4.69) is 10.6 Å². The molecule has 2 N–H and O–H groups in total. The Morgan fingerprint density at radius 2 is 1.82 bits per heavy atom. The number of Topliss-reactive ketones (excluding diaryl/α,β-unsaturated/α-hetero) is 1. The maximum absolute atomic E-state index is 11.8. The van der Waals surface area contributed by atoms with Crippen LogP contribution in [0, 0.1) is 0 Å². The van der Waals surface area contributed by atoms with Gasteiger partial charge in [-0.2, -0.15) is 0 Å². The van der Waals surface area contributed by atoms with E-state index in [1.165, 1.54) is 13.2 Å². The minimum Gasteiger partial charge on any atom is -0.459 e. The average Bonchev–Trinajstić information content (AvgIpc) is 3.00. The number of carbonyl (C=O) groups is 3. The molecule has 0 atom stereocenters. The van der Waals surface area contributed by atoms with Gasteiger partial charge in [0.15, 0.2) is 5.76 Å². The molecule has 0 aliphatic carbocycles. The molecule has 0 saturated carbocycles. The predicted octanol–water partition coefficient (Wildman–Crippen LogP) is 2.13. The minimum atomic E-state index is -0.326. The second-order valence-electron chi connectivity index (χ2n) is 4.78. The van der Waals surface area contributed by atoms with Crippen LogP contribution in [0.3, 0.4) is 0 Å². The second kappa shape index (κ2) is 7.21. The van der Waals surface area contributed by atoms with Crippen LogP contribution in [0.5, 0.6) is 0 Å². The molecule has 2 amide bonds. The summed E-state index contributed by atoms with van der Waals surface area (Å²) in [7, 11) is 0. The summed E-state index contributed by atoms with van der Waals surface area (Å²) in [6.07, 6.45) is 1.32. The van der Waals surface area contributed by atoms with Crippen LogP contribution < -0.4 is 10.6 Å². The third-order valence-corrected chi connectivity index (χ3v) is 2.86. The number of anilines is 1. The molecule has 0 unspecified atom stereocenters. The highest BCUT2D eigenvalue weighted by atomic mass is 16.3. The van der Waals surface area contributed by atoms with E-state index in [4.69, 9.17) is 4.42 Å². The van der Waals surface area contributed by atoms with E-state index in [0.717, 1.165) is 5.56 Å². The summed E-state index contributed by atoms with van der Waals surface area (Å²) in [5, 5.41) is 5.35. The molecule has 2 aromatic rings. The van der Waals surface area contributed by atoms with Crippen molar-refractivity contribution in [1.29, 1.82) is 0 Å². The summed E-state index contributed by atoms with van der Waals surface area (Å²) in [4.78, 5) is 34.0. The maximum Gasteiger partial charge on any atom is 0.291 e. The zero-order valence-electron chi connectivity index (χ0n) is 12.1. The third-order valence-electron chi connectivity index (χ3n) is 2.86. The molecule has 0 spiro atoms. The number of ketones is 1. The number of nitrogens with one attached hydrogen (secondary N) is 2. The van der Waals surface area contributed by atoms with Crippen LogP contribution in [-0.4, -0.2) is 17.6 Å². The first-order valence-electron chi connectivity index (χ1n) is 6.74. The summed E-state index contributed by atoms with van der Waals surface area (Å²) in [6.45, 7) is 1.70. The Labute approximate surface area is 127 Å². The van der Waals surface area contributed by atoms with Gasteiger partial charge in [-0.05, 0) is 36.8 Å². The van der Waals surface area contributed by atoms with E-state index in [1.54, 1.807) is 36.4 Å². The predicted molar refractivity (Wildman–Crippen MR) is 80.2 cm³/mol. The number of amides is 2. The first-order valence-corrected chi connectivity index (χ1v) is 6.74. The highest BCUT2D eigenvalue weighted by molar-refractivity contribution is 6.02. The van der Waals surface area contributed by atoms with Gasteiger partial charge in [0.25, 0.3) is 5.91 Å². The van der Waals surface area contributed by atoms with Gasteiger partial charge in [-0.3, -0.25) is 14.4 Å². The summed E-state index contributed by atoms with van der Waals surface area (Å²) in [5.74, 6) is -0.565. The number of hydrogen-bond acceptors (Lipinski definition) is 4. The molecule has 22 heavy (non-hydrogen) atoms. The van der Waals surface area contributed by atoms with E-state index in [0.29, 0.717) is 12.2 Å². The largest absolute Gasteiger partial charge is 0.459 e. The molecule has 1 aromatic carbocycles. The molecule has 0 saturated heterocycles. The van der Waals surface area contributed by atoms with Crippen LogP contribution >= 0.6 is 0 Å². The third kappa shape index (κ3) is 4.59. The molecule has 2 rings (SSSR count). The Kier molecular flexibility index (Phi) is 5.08. The monoisotopic (exact) mass is 300 g/mol. The van der Waals surface area contributed by atoms with Crippen LogP contribution in [0.15, 0.2) is 47.1 Å². The van der Waals surface area contributed by atoms with Crippen LogP contribution in [0.1, 0.15) is 29.5 Å². The van der Waals surface area contributed by atoms with E-state index in [1.807, 2.05) is 0 Å². The molecule has 6 heteroatoms. The zero-order chi connectivity index (χ0) is 15.9. The Morgan fingerprint density at radius 3 is 2.41 bits per heavy atom. The van der Waals surface area contributed by atoms with Crippen molar-refractivity contribution in [3.05, 3.63) is 54.0 Å². The highest BCUT2D eigenvalue weighted by Gasteiger charge is 2.08. The quantitative estimate of drug-likeness (QED) is 0.800. The summed E-state index contributed by atoms with van der Waals surface area (Å²) < 4.78 is 5.00. The van der Waals surface area contributed by atoms with Crippen LogP contribution in [0.4, 0.5) is 5.69 Å². The lowest BCUT2D eigenvalue weighted by molar-refractivity contribution is -0.127. The number of benzene rings is 1. The van der Waals surface area contributed by atoms with Crippen LogP contribution in [-0.2, 0) is 16.1 Å². The number of hydrogen-bond donors (Lipinski definition) is 2. The van der Waals surface area contributed by atoms with Gasteiger partial charge < -0.3 is 15.1 Å². The molecule has 0 aliphatic rings. The summed E-state index contributed by atoms with van der Waals surface area (Å²) >= 11 is 0. The molecule has 0 fully saturated rings. The van der Waals surface area contributed by atoms with Gasteiger partial charge in [0, 0.05) is 12.2 Å². The van der Waals surface area contributed by atoms with E-state index < -0.39 is 0 Å². The molecule has 0 aliphatic heterocycles. The van der Waals surface area contributed by atoms with Crippen LogP contribution in [0.25, 0.3) is 0 Å². The smallest absolute Gasteiger partial charge is 0.291 e. The maximum atomic E-state index is 11.8. The second-order valence-corrected chi connectivity index (χ2v) is 4.78. The number of furan rings is 1. The normalized spacial score (nSPS) is 10.0. The van der Waals surface area contributed by atoms with Crippen molar-refractivity contribution in [2.45, 2.75) is 19.9 Å². The lowest BCUT2D eigenvalue weighted by Crippen LogP contribution is -2.24. The molecule has 114 valence electrons. The van der Waals surface area contributed by atoms with Crippen molar-refractivity contribution >= 4 is 23.3 Å². The lowest BCUT2D eigenvalue weighted by Gasteiger charge is -2.06. The fraction of sp³-hybridized carbons (Fsp3) is 0.188. The SMILES string of the molecule is CC(=O)CC(=O)NCc1ccc(NC(=O)c2ccco2)cc1. The molecular weight excluding hydrogens is 284 g/mol. The highest BCUT2D eigenvalue weighted by Crippen LogP contribution is 2.11. The molecule has 0 radical (unpaired) electrons. The first kappa shape index (κ1) is 15.5. The zero-order valence-corrected chi connectivity index (χ0v) is 12.1. The molecule has 1 aromatic heterocycles. The van der Waals surface area contributed by atoms with Crippen molar-refractivity contribution in [3.63, 3.8) is 0 Å². The van der Waals surface area contributed by atoms with Gasteiger partial charge in [-0.25, -0.2) is 0 Å². The van der Waals surface area contributed by atoms with E-state index >= 15 is 0 Å². The average molecular weight is 300 g/mol. The Morgan fingerprint density at radius 1 is 1.09 bits per heavy atom. The number of carbonyl (C=O) groups excluding carboxylic acids is 3. The van der Waals surface area contributed by atoms with Crippen molar-refractivity contribution in [2.24, 2.45) is 0 Å². The van der Waals surface area contributed by atoms with E-state index in [-0.39, 0.29) is 29.8 Å². The topological polar surface area (TPSA) is 88.4 Å². The fourth-order valence-corrected chi connectivity index (χ4v) is 1.80. The van der Waals surface area contributed by atoms with Crippen molar-refractivity contribution in [1.82, 2.24) is 5.32 Å². The first-order chi connectivity index (χ1) is 10.5. The van der Waals surface area contributed by atoms with Gasteiger partial charge in [0.1, 0.15) is 5.78 Å². The van der Waals surface area contributed by atoms with Crippen molar-refractivity contribution in [2.75, 3.05) is 5.32 Å². The Bertz CT molecular complexity index is 660. The van der Waals surface area contributed by atoms with Gasteiger partial charge in [0.2, 0.25) is 5.91 Å². The summed E-state index contributed by atoms with van der Waals surface area (Å²) in [6, 6.07) is 10.2. The minimum absolute atomic E-state index is 0.114. The van der Waals surface area contributed by atoms with Crippen molar-refractivity contribution < 1.29 is 18.8 Å². The molecule has 6 nitrogen and oxygen atoms in total. The van der Waals surface area contributed by atoms with Gasteiger partial charge in [0.05, 0.1) is 12.7 Å². The molecular formula is C16H16N2O4. The molecule has 0 bridgehead atoms. The van der Waals surface area contributed by atoms with Gasteiger partial charge in [-0.15, -0.1) is 0 Å². The van der Waals surface area contributed by atoms with Gasteiger partial charge >= 0.3 is 0 Å². The molecule has 1 heterocycles. The van der Waals surface area contributed by atoms with E-state index in [9.17, 15) is 14.4 Å². The summed E-state index contributed by atoms with van der Waals surface area (Å²) in [5.41, 5.74) is 1.49. The number of rotatable bonds is 6. The lowest BCUT2D eigenvalue weighted by atomic mass is 10.2. The Balaban J connectivity index is 1.86. The van der Waals surface area contributed by atoms with Gasteiger partial charge in [-0.1, -0.05) is 12.1 Å². The standard InChI is InChI=1S/C16H16N2O4/c1-11(19)9-15(20)17-10-12-4-6-13(7-5-12)18-16(21)14-3-2-8-22-14/h2-8H,9-10H2,1H3,(H,17,20)(H,18,21). The fourth-order valence-electron chi connectivity index (χ4n) is 1.80. The van der Waals surface area contributed by atoms with Crippen LogP contribution in [0.2, 0.25) is 0 Å².